The standard InChI is InChI=1S/C21H21BrClNO5/c1-12(2)29-21-15(23)8-13(9-19(21)26-3)4-5-20(25)24-16-11-18-17(10-14(16)22)27-6-7-28-18/h4-5,8-12H,6-7H2,1-3H3,(H,24,25)/b5-4+. The van der Waals surface area contributed by atoms with Crippen molar-refractivity contribution in [3.05, 3.63) is 45.4 Å². The number of hydrogen-bond acceptors (Lipinski definition) is 5. The Labute approximate surface area is 182 Å². The van der Waals surface area contributed by atoms with Crippen LogP contribution in [0, 0.1) is 0 Å². The fraction of sp³-hybridized carbons (Fsp3) is 0.286. The van der Waals surface area contributed by atoms with Crippen LogP contribution in [0.5, 0.6) is 23.0 Å². The van der Waals surface area contributed by atoms with Gasteiger partial charge in [0.15, 0.2) is 23.0 Å². The summed E-state index contributed by atoms with van der Waals surface area (Å²) in [6.07, 6.45) is 3.02. The van der Waals surface area contributed by atoms with E-state index in [9.17, 15) is 4.79 Å². The number of anilines is 1. The molecule has 8 heteroatoms. The quantitative estimate of drug-likeness (QED) is 0.564. The summed E-state index contributed by atoms with van der Waals surface area (Å²) < 4.78 is 22.8. The molecule has 2 aromatic rings. The fourth-order valence-corrected chi connectivity index (χ4v) is 3.38. The summed E-state index contributed by atoms with van der Waals surface area (Å²) in [5.41, 5.74) is 1.29. The molecular formula is C21H21BrClNO5. The van der Waals surface area contributed by atoms with Gasteiger partial charge in [0.1, 0.15) is 13.2 Å². The molecule has 2 aromatic carbocycles. The van der Waals surface area contributed by atoms with Gasteiger partial charge >= 0.3 is 0 Å². The highest BCUT2D eigenvalue weighted by atomic mass is 79.9. The first-order valence-corrected chi connectivity index (χ1v) is 10.2. The molecule has 0 saturated carbocycles. The maximum absolute atomic E-state index is 12.4. The van der Waals surface area contributed by atoms with E-state index in [1.807, 2.05) is 13.8 Å². The topological polar surface area (TPSA) is 66.0 Å². The summed E-state index contributed by atoms with van der Waals surface area (Å²) in [6, 6.07) is 6.97. The summed E-state index contributed by atoms with van der Waals surface area (Å²) >= 11 is 9.75. The van der Waals surface area contributed by atoms with E-state index in [-0.39, 0.29) is 12.0 Å². The van der Waals surface area contributed by atoms with Crippen molar-refractivity contribution < 1.29 is 23.7 Å². The minimum Gasteiger partial charge on any atom is -0.493 e. The van der Waals surface area contributed by atoms with Gasteiger partial charge in [0.25, 0.3) is 0 Å². The number of amides is 1. The Morgan fingerprint density at radius 1 is 1.21 bits per heavy atom. The fourth-order valence-electron chi connectivity index (χ4n) is 2.69. The van der Waals surface area contributed by atoms with Crippen LogP contribution in [0.4, 0.5) is 5.69 Å². The Kier molecular flexibility index (Phi) is 6.92. The van der Waals surface area contributed by atoms with Crippen LogP contribution in [0.15, 0.2) is 34.8 Å². The third-order valence-electron chi connectivity index (χ3n) is 3.92. The molecule has 1 aliphatic rings. The van der Waals surface area contributed by atoms with Crippen molar-refractivity contribution >= 4 is 45.2 Å². The minimum atomic E-state index is -0.306. The molecule has 0 bridgehead atoms. The predicted molar refractivity (Wildman–Crippen MR) is 117 cm³/mol. The third-order valence-corrected chi connectivity index (χ3v) is 4.86. The highest BCUT2D eigenvalue weighted by molar-refractivity contribution is 9.10. The van der Waals surface area contributed by atoms with Gasteiger partial charge < -0.3 is 24.3 Å². The van der Waals surface area contributed by atoms with Crippen LogP contribution < -0.4 is 24.3 Å². The highest BCUT2D eigenvalue weighted by Gasteiger charge is 2.16. The van der Waals surface area contributed by atoms with Crippen LogP contribution in [0.2, 0.25) is 5.02 Å². The van der Waals surface area contributed by atoms with E-state index in [1.54, 1.807) is 37.5 Å². The lowest BCUT2D eigenvalue weighted by Gasteiger charge is -2.19. The lowest BCUT2D eigenvalue weighted by atomic mass is 10.1. The Bertz CT molecular complexity index is 945. The first-order valence-electron chi connectivity index (χ1n) is 8.99. The van der Waals surface area contributed by atoms with Crippen LogP contribution in [-0.4, -0.2) is 32.3 Å². The Hall–Kier alpha value is -2.38. The smallest absolute Gasteiger partial charge is 0.248 e. The Balaban J connectivity index is 1.75. The Morgan fingerprint density at radius 3 is 2.55 bits per heavy atom. The lowest BCUT2D eigenvalue weighted by molar-refractivity contribution is -0.111. The van der Waals surface area contributed by atoms with Gasteiger partial charge in [0.05, 0.1) is 23.9 Å². The second-order valence-corrected chi connectivity index (χ2v) is 7.76. The Morgan fingerprint density at radius 2 is 1.90 bits per heavy atom. The molecule has 0 spiro atoms. The molecule has 0 saturated heterocycles. The average Bonchev–Trinajstić information content (AvgIpc) is 2.68. The number of benzene rings is 2. The summed E-state index contributed by atoms with van der Waals surface area (Å²) in [6.45, 7) is 4.79. The van der Waals surface area contributed by atoms with Crippen LogP contribution in [0.3, 0.4) is 0 Å². The maximum atomic E-state index is 12.4. The predicted octanol–water partition coefficient (Wildman–Crippen LogP) is 5.32. The molecule has 0 aliphatic carbocycles. The largest absolute Gasteiger partial charge is 0.493 e. The van der Waals surface area contributed by atoms with Crippen molar-refractivity contribution in [1.29, 1.82) is 0 Å². The number of hydrogen-bond donors (Lipinski definition) is 1. The van der Waals surface area contributed by atoms with Gasteiger partial charge in [-0.3, -0.25) is 4.79 Å². The van der Waals surface area contributed by atoms with E-state index in [0.29, 0.717) is 57.0 Å². The zero-order chi connectivity index (χ0) is 21.0. The number of nitrogens with one attached hydrogen (secondary N) is 1. The molecule has 1 N–H and O–H groups in total. The van der Waals surface area contributed by atoms with Crippen molar-refractivity contribution in [2.75, 3.05) is 25.6 Å². The summed E-state index contributed by atoms with van der Waals surface area (Å²) in [5, 5.41) is 3.22. The zero-order valence-corrected chi connectivity index (χ0v) is 18.6. The van der Waals surface area contributed by atoms with E-state index in [1.165, 1.54) is 6.08 Å². The van der Waals surface area contributed by atoms with Gasteiger partial charge in [0, 0.05) is 22.7 Å². The number of halogens is 2. The SMILES string of the molecule is COc1cc(/C=C/C(=O)Nc2cc3c(cc2Br)OCCO3)cc(Cl)c1OC(C)C. The van der Waals surface area contributed by atoms with Gasteiger partial charge in [0.2, 0.25) is 5.91 Å². The van der Waals surface area contributed by atoms with Gasteiger partial charge in [-0.1, -0.05) is 11.6 Å². The van der Waals surface area contributed by atoms with Crippen molar-refractivity contribution in [2.45, 2.75) is 20.0 Å². The van der Waals surface area contributed by atoms with Crippen LogP contribution >= 0.6 is 27.5 Å². The molecule has 154 valence electrons. The number of fused-ring (bicyclic) bond motifs is 1. The van der Waals surface area contributed by atoms with Crippen molar-refractivity contribution in [1.82, 2.24) is 0 Å². The van der Waals surface area contributed by atoms with E-state index >= 15 is 0 Å². The number of rotatable bonds is 6. The molecular weight excluding hydrogens is 462 g/mol. The molecule has 1 amide bonds. The molecule has 0 radical (unpaired) electrons. The summed E-state index contributed by atoms with van der Waals surface area (Å²) in [4.78, 5) is 12.4. The van der Waals surface area contributed by atoms with Gasteiger partial charge in [-0.15, -0.1) is 0 Å². The van der Waals surface area contributed by atoms with E-state index in [4.69, 9.17) is 30.5 Å². The molecule has 29 heavy (non-hydrogen) atoms. The second-order valence-electron chi connectivity index (χ2n) is 6.50. The van der Waals surface area contributed by atoms with Crippen molar-refractivity contribution in [3.8, 4) is 23.0 Å². The molecule has 3 rings (SSSR count). The molecule has 6 nitrogen and oxygen atoms in total. The monoisotopic (exact) mass is 481 g/mol. The van der Waals surface area contributed by atoms with Crippen LogP contribution in [-0.2, 0) is 4.79 Å². The summed E-state index contributed by atoms with van der Waals surface area (Å²) in [5.74, 6) is 1.91. The van der Waals surface area contributed by atoms with E-state index < -0.39 is 0 Å². The first kappa shape index (κ1) is 21.3. The summed E-state index contributed by atoms with van der Waals surface area (Å²) in [7, 11) is 1.54. The van der Waals surface area contributed by atoms with E-state index in [2.05, 4.69) is 21.2 Å². The maximum Gasteiger partial charge on any atom is 0.248 e. The van der Waals surface area contributed by atoms with E-state index in [0.717, 1.165) is 0 Å². The van der Waals surface area contributed by atoms with Crippen molar-refractivity contribution in [3.63, 3.8) is 0 Å². The molecule has 1 aliphatic heterocycles. The lowest BCUT2D eigenvalue weighted by Crippen LogP contribution is -2.16. The number of carbonyl (C=O) groups is 1. The van der Waals surface area contributed by atoms with Crippen molar-refractivity contribution in [2.24, 2.45) is 0 Å². The number of carbonyl (C=O) groups excluding carboxylic acids is 1. The normalized spacial score (nSPS) is 12.9. The van der Waals surface area contributed by atoms with Gasteiger partial charge in [-0.2, -0.15) is 0 Å². The van der Waals surface area contributed by atoms with Crippen LogP contribution in [0.1, 0.15) is 19.4 Å². The third kappa shape index (κ3) is 5.36. The van der Waals surface area contributed by atoms with Crippen LogP contribution in [0.25, 0.3) is 6.08 Å². The average molecular weight is 483 g/mol. The number of methoxy groups -OCH3 is 1. The minimum absolute atomic E-state index is 0.0435. The molecule has 0 unspecified atom stereocenters. The zero-order valence-electron chi connectivity index (χ0n) is 16.3. The second kappa shape index (κ2) is 9.41. The van der Waals surface area contributed by atoms with Gasteiger partial charge in [-0.25, -0.2) is 0 Å². The molecule has 0 atom stereocenters. The number of ether oxygens (including phenoxy) is 4. The molecule has 0 fully saturated rings. The molecule has 0 aromatic heterocycles. The first-order chi connectivity index (χ1) is 13.9. The molecule has 1 heterocycles. The highest BCUT2D eigenvalue weighted by Crippen LogP contribution is 2.39. The van der Waals surface area contributed by atoms with Gasteiger partial charge in [-0.05, 0) is 53.5 Å².